The number of aromatic nitrogens is 1. The number of hydrogen-bond acceptors (Lipinski definition) is 5. The highest BCUT2D eigenvalue weighted by molar-refractivity contribution is 7.93. The number of anilines is 1. The van der Waals surface area contributed by atoms with Gasteiger partial charge in [0.2, 0.25) is 5.91 Å². The van der Waals surface area contributed by atoms with Gasteiger partial charge in [0.15, 0.2) is 5.13 Å². The summed E-state index contributed by atoms with van der Waals surface area (Å²) in [5.74, 6) is -0.485. The lowest BCUT2D eigenvalue weighted by molar-refractivity contribution is -0.123. The number of amides is 1. The molecular formula is C17H23N3O3S2. The third-order valence-corrected chi connectivity index (χ3v) is 6.56. The van der Waals surface area contributed by atoms with Crippen LogP contribution in [0, 0.1) is 0 Å². The maximum Gasteiger partial charge on any atom is 0.263 e. The highest BCUT2D eigenvalue weighted by atomic mass is 32.2. The normalized spacial score (nSPS) is 14.0. The molecule has 0 radical (unpaired) electrons. The Labute approximate surface area is 152 Å². The second-order valence-electron chi connectivity index (χ2n) is 6.09. The summed E-state index contributed by atoms with van der Waals surface area (Å²) in [5, 5.41) is 1.88. The molecule has 25 heavy (non-hydrogen) atoms. The molecule has 1 atom stereocenters. The Balaban J connectivity index is 2.23. The fraction of sp³-hybridized carbons (Fsp3) is 0.412. The van der Waals surface area contributed by atoms with Crippen molar-refractivity contribution in [3.05, 3.63) is 40.9 Å². The van der Waals surface area contributed by atoms with Gasteiger partial charge in [-0.25, -0.2) is 13.4 Å². The number of benzene rings is 1. The average Bonchev–Trinajstić information content (AvgIpc) is 3.03. The van der Waals surface area contributed by atoms with E-state index in [1.165, 1.54) is 0 Å². The van der Waals surface area contributed by atoms with Crippen molar-refractivity contribution in [3.8, 4) is 0 Å². The minimum atomic E-state index is -3.72. The van der Waals surface area contributed by atoms with E-state index in [2.05, 4.69) is 16.6 Å². The number of thiazole rings is 1. The van der Waals surface area contributed by atoms with Gasteiger partial charge in [-0.05, 0) is 37.5 Å². The van der Waals surface area contributed by atoms with Gasteiger partial charge < -0.3 is 5.73 Å². The van der Waals surface area contributed by atoms with Crippen molar-refractivity contribution in [3.63, 3.8) is 0 Å². The number of nitrogens with zero attached hydrogens (tertiary/aromatic N) is 1. The Kier molecular flexibility index (Phi) is 5.84. The van der Waals surface area contributed by atoms with Gasteiger partial charge >= 0.3 is 0 Å². The van der Waals surface area contributed by atoms with Crippen molar-refractivity contribution < 1.29 is 13.2 Å². The quantitative estimate of drug-likeness (QED) is 0.733. The molecule has 0 saturated carbocycles. The number of primary amides is 1. The van der Waals surface area contributed by atoms with E-state index in [0.717, 1.165) is 29.7 Å². The van der Waals surface area contributed by atoms with Gasteiger partial charge in [-0.15, -0.1) is 11.3 Å². The van der Waals surface area contributed by atoms with Crippen LogP contribution in [0.5, 0.6) is 0 Å². The predicted octanol–water partition coefficient (Wildman–Crippen LogP) is 3.05. The smallest absolute Gasteiger partial charge is 0.263 e. The SMILES string of the molecule is CCCc1ccc(S(=O)(=O)Nc2nc(C(C)(CC)C(N)=O)cs2)cc1. The Bertz CT molecular complexity index is 844. The maximum atomic E-state index is 12.5. The van der Waals surface area contributed by atoms with E-state index >= 15 is 0 Å². The van der Waals surface area contributed by atoms with Gasteiger partial charge in [0.1, 0.15) is 0 Å². The molecule has 6 nitrogen and oxygen atoms in total. The molecule has 2 aromatic rings. The summed E-state index contributed by atoms with van der Waals surface area (Å²) in [5.41, 5.74) is 6.12. The van der Waals surface area contributed by atoms with Crippen LogP contribution in [0.1, 0.15) is 44.9 Å². The number of carbonyl (C=O) groups excluding carboxylic acids is 1. The van der Waals surface area contributed by atoms with E-state index < -0.39 is 21.3 Å². The summed E-state index contributed by atoms with van der Waals surface area (Å²) in [6.07, 6.45) is 2.39. The molecule has 0 aliphatic rings. The van der Waals surface area contributed by atoms with Crippen molar-refractivity contribution >= 4 is 32.4 Å². The van der Waals surface area contributed by atoms with Crippen molar-refractivity contribution in [2.45, 2.75) is 50.3 Å². The molecule has 2 rings (SSSR count). The van der Waals surface area contributed by atoms with Crippen LogP contribution in [0.15, 0.2) is 34.5 Å². The van der Waals surface area contributed by atoms with E-state index in [4.69, 9.17) is 5.73 Å². The molecule has 0 saturated heterocycles. The van der Waals surface area contributed by atoms with Crippen LogP contribution in [0.3, 0.4) is 0 Å². The molecule has 1 unspecified atom stereocenters. The van der Waals surface area contributed by atoms with E-state index in [1.54, 1.807) is 24.4 Å². The van der Waals surface area contributed by atoms with Crippen LogP contribution in [-0.2, 0) is 26.7 Å². The molecule has 3 N–H and O–H groups in total. The van der Waals surface area contributed by atoms with Gasteiger partial charge in [0, 0.05) is 5.38 Å². The van der Waals surface area contributed by atoms with Crippen LogP contribution >= 0.6 is 11.3 Å². The number of nitrogens with one attached hydrogen (secondary N) is 1. The first-order valence-corrected chi connectivity index (χ1v) is 10.5. The van der Waals surface area contributed by atoms with Crippen LogP contribution in [0.2, 0.25) is 0 Å². The van der Waals surface area contributed by atoms with Gasteiger partial charge in [-0.3, -0.25) is 9.52 Å². The Hall–Kier alpha value is -1.93. The number of rotatable bonds is 8. The summed E-state index contributed by atoms with van der Waals surface area (Å²) in [7, 11) is -3.72. The van der Waals surface area contributed by atoms with Crippen molar-refractivity contribution in [2.75, 3.05) is 4.72 Å². The molecule has 8 heteroatoms. The largest absolute Gasteiger partial charge is 0.369 e. The van der Waals surface area contributed by atoms with E-state index in [9.17, 15) is 13.2 Å². The van der Waals surface area contributed by atoms with E-state index in [-0.39, 0.29) is 10.0 Å². The van der Waals surface area contributed by atoms with Gasteiger partial charge in [-0.2, -0.15) is 0 Å². The summed E-state index contributed by atoms with van der Waals surface area (Å²) in [6.45, 7) is 5.61. The minimum absolute atomic E-state index is 0.178. The topological polar surface area (TPSA) is 102 Å². The number of aryl methyl sites for hydroxylation is 1. The van der Waals surface area contributed by atoms with Crippen LogP contribution in [0.25, 0.3) is 0 Å². The average molecular weight is 382 g/mol. The molecule has 0 aliphatic carbocycles. The second kappa shape index (κ2) is 7.53. The lowest BCUT2D eigenvalue weighted by Crippen LogP contribution is -2.38. The van der Waals surface area contributed by atoms with Crippen LogP contribution < -0.4 is 10.5 Å². The zero-order chi connectivity index (χ0) is 18.7. The zero-order valence-electron chi connectivity index (χ0n) is 14.6. The first kappa shape index (κ1) is 19.4. The fourth-order valence-electron chi connectivity index (χ4n) is 2.35. The molecule has 1 amide bonds. The number of sulfonamides is 1. The first-order valence-electron chi connectivity index (χ1n) is 8.10. The number of nitrogens with two attached hydrogens (primary N) is 1. The van der Waals surface area contributed by atoms with Crippen LogP contribution in [-0.4, -0.2) is 19.3 Å². The summed E-state index contributed by atoms with van der Waals surface area (Å²) < 4.78 is 27.5. The molecular weight excluding hydrogens is 358 g/mol. The van der Waals surface area contributed by atoms with E-state index in [0.29, 0.717) is 12.1 Å². The molecule has 1 aromatic carbocycles. The standard InChI is InChI=1S/C17H23N3O3S2/c1-4-6-12-7-9-13(10-8-12)25(22,23)20-16-19-14(11-24-16)17(3,5-2)15(18)21/h7-11H,4-6H2,1-3H3,(H2,18,21)(H,19,20). The summed E-state index contributed by atoms with van der Waals surface area (Å²) >= 11 is 1.13. The monoisotopic (exact) mass is 381 g/mol. The second-order valence-corrected chi connectivity index (χ2v) is 8.63. The fourth-order valence-corrected chi connectivity index (χ4v) is 4.45. The molecule has 1 heterocycles. The molecule has 0 aliphatic heterocycles. The Morgan fingerprint density at radius 1 is 1.28 bits per heavy atom. The Morgan fingerprint density at radius 2 is 1.92 bits per heavy atom. The third-order valence-electron chi connectivity index (χ3n) is 4.31. The lowest BCUT2D eigenvalue weighted by Gasteiger charge is -2.21. The lowest BCUT2D eigenvalue weighted by atomic mass is 9.84. The maximum absolute atomic E-state index is 12.5. The zero-order valence-corrected chi connectivity index (χ0v) is 16.2. The molecule has 0 spiro atoms. The molecule has 0 bridgehead atoms. The van der Waals surface area contributed by atoms with Gasteiger partial charge in [0.05, 0.1) is 16.0 Å². The number of carbonyl (C=O) groups is 1. The highest BCUT2D eigenvalue weighted by Gasteiger charge is 2.34. The van der Waals surface area contributed by atoms with Gasteiger partial charge in [-0.1, -0.05) is 32.4 Å². The van der Waals surface area contributed by atoms with Crippen molar-refractivity contribution in [1.82, 2.24) is 4.98 Å². The molecule has 136 valence electrons. The van der Waals surface area contributed by atoms with E-state index in [1.807, 2.05) is 19.1 Å². The predicted molar refractivity (Wildman–Crippen MR) is 100 cm³/mol. The molecule has 1 aromatic heterocycles. The van der Waals surface area contributed by atoms with Gasteiger partial charge in [0.25, 0.3) is 10.0 Å². The Morgan fingerprint density at radius 3 is 2.44 bits per heavy atom. The number of hydrogen-bond donors (Lipinski definition) is 2. The highest BCUT2D eigenvalue weighted by Crippen LogP contribution is 2.31. The van der Waals surface area contributed by atoms with Crippen LogP contribution in [0.4, 0.5) is 5.13 Å². The third kappa shape index (κ3) is 4.19. The summed E-state index contributed by atoms with van der Waals surface area (Å²) in [4.78, 5) is 16.1. The minimum Gasteiger partial charge on any atom is -0.369 e. The molecule has 0 fully saturated rings. The first-order chi connectivity index (χ1) is 11.7. The van der Waals surface area contributed by atoms with Crippen molar-refractivity contribution in [1.29, 1.82) is 0 Å². The summed E-state index contributed by atoms with van der Waals surface area (Å²) in [6, 6.07) is 6.79. The van der Waals surface area contributed by atoms with Crippen molar-refractivity contribution in [2.24, 2.45) is 5.73 Å².